The smallest absolute Gasteiger partial charge is 0.198 e. The molecule has 0 aliphatic rings. The van der Waals surface area contributed by atoms with Crippen molar-refractivity contribution in [3.63, 3.8) is 0 Å². The molecule has 0 aliphatic carbocycles. The van der Waals surface area contributed by atoms with Crippen LogP contribution >= 0.6 is 23.8 Å². The lowest BCUT2D eigenvalue weighted by Crippen LogP contribution is -2.22. The molecule has 0 radical (unpaired) electrons. The molecule has 8 heteroatoms. The highest BCUT2D eigenvalue weighted by Gasteiger charge is 2.12. The van der Waals surface area contributed by atoms with E-state index >= 15 is 0 Å². The lowest BCUT2D eigenvalue weighted by Gasteiger charge is -2.17. The molecule has 0 amide bonds. The van der Waals surface area contributed by atoms with Crippen molar-refractivity contribution in [3.05, 3.63) is 81.8 Å². The van der Waals surface area contributed by atoms with Crippen LogP contribution in [0.3, 0.4) is 0 Å². The summed E-state index contributed by atoms with van der Waals surface area (Å²) in [5.74, 6) is 2.23. The highest BCUT2D eigenvalue weighted by Crippen LogP contribution is 2.24. The lowest BCUT2D eigenvalue weighted by molar-refractivity contribution is 0.241. The monoisotopic (exact) mass is 468 g/mol. The highest BCUT2D eigenvalue weighted by molar-refractivity contribution is 7.71. The van der Waals surface area contributed by atoms with Crippen LogP contribution in [0.2, 0.25) is 5.02 Å². The second-order valence-corrected chi connectivity index (χ2v) is 8.45. The van der Waals surface area contributed by atoms with E-state index < -0.39 is 0 Å². The quantitative estimate of drug-likeness (QED) is 0.322. The maximum atomic E-state index is 6.17. The van der Waals surface area contributed by atoms with Crippen LogP contribution < -0.4 is 9.47 Å². The van der Waals surface area contributed by atoms with E-state index in [9.17, 15) is 0 Å². The number of ether oxygens (including phenoxy) is 2. The van der Waals surface area contributed by atoms with E-state index in [-0.39, 0.29) is 6.61 Å². The van der Waals surface area contributed by atoms with Crippen LogP contribution in [0.15, 0.2) is 60.7 Å². The SMILES string of the molecule is COc1ccc2cc(CN(C)Cn3nc(COc4ccccc4Cl)n(C)c3=S)ccc2c1. The third-order valence-electron chi connectivity index (χ3n) is 5.26. The van der Waals surface area contributed by atoms with E-state index in [1.165, 1.54) is 10.9 Å². The Morgan fingerprint density at radius 2 is 1.81 bits per heavy atom. The molecule has 4 aromatic rings. The lowest BCUT2D eigenvalue weighted by atomic mass is 10.1. The van der Waals surface area contributed by atoms with Crippen molar-refractivity contribution in [1.29, 1.82) is 0 Å². The van der Waals surface area contributed by atoms with E-state index in [4.69, 9.17) is 33.3 Å². The first-order valence-corrected chi connectivity index (χ1v) is 11.0. The molecule has 0 unspecified atom stereocenters. The number of para-hydroxylation sites is 1. The molecule has 0 spiro atoms. The minimum atomic E-state index is 0.286. The van der Waals surface area contributed by atoms with Gasteiger partial charge in [-0.2, -0.15) is 5.10 Å². The first kappa shape index (κ1) is 22.3. The van der Waals surface area contributed by atoms with Crippen molar-refractivity contribution in [3.8, 4) is 11.5 Å². The van der Waals surface area contributed by atoms with Crippen LogP contribution in [0.4, 0.5) is 0 Å². The standard InChI is InChI=1S/C24H25ClN4O2S/c1-27(14-17-8-9-19-13-20(30-3)11-10-18(19)12-17)16-29-24(32)28(2)23(26-29)15-31-22-7-5-4-6-21(22)25/h4-13H,14-16H2,1-3H3. The number of hydrogen-bond acceptors (Lipinski definition) is 5. The van der Waals surface area contributed by atoms with Gasteiger partial charge in [-0.25, -0.2) is 4.68 Å². The number of aromatic nitrogens is 3. The van der Waals surface area contributed by atoms with Gasteiger partial charge in [0.2, 0.25) is 0 Å². The van der Waals surface area contributed by atoms with Gasteiger partial charge in [-0.15, -0.1) is 0 Å². The van der Waals surface area contributed by atoms with Gasteiger partial charge in [-0.1, -0.05) is 41.9 Å². The van der Waals surface area contributed by atoms with Crippen LogP contribution in [0.25, 0.3) is 10.8 Å². The van der Waals surface area contributed by atoms with Gasteiger partial charge < -0.3 is 14.0 Å². The Labute approximate surface area is 197 Å². The Kier molecular flexibility index (Phi) is 6.79. The van der Waals surface area contributed by atoms with Crippen molar-refractivity contribution in [2.24, 2.45) is 7.05 Å². The number of halogens is 1. The molecular weight excluding hydrogens is 444 g/mol. The molecule has 0 fully saturated rings. The van der Waals surface area contributed by atoms with E-state index in [2.05, 4.69) is 41.3 Å². The van der Waals surface area contributed by atoms with E-state index in [0.717, 1.165) is 23.5 Å². The second kappa shape index (κ2) is 9.73. The minimum absolute atomic E-state index is 0.286. The normalized spacial score (nSPS) is 11.3. The van der Waals surface area contributed by atoms with Gasteiger partial charge in [-0.05, 0) is 65.9 Å². The van der Waals surface area contributed by atoms with Gasteiger partial charge in [-0.3, -0.25) is 4.90 Å². The van der Waals surface area contributed by atoms with Crippen molar-refractivity contribution in [1.82, 2.24) is 19.2 Å². The molecule has 6 nitrogen and oxygen atoms in total. The molecule has 166 valence electrons. The van der Waals surface area contributed by atoms with Crippen LogP contribution in [-0.4, -0.2) is 33.4 Å². The van der Waals surface area contributed by atoms with Crippen LogP contribution in [0.5, 0.6) is 11.5 Å². The largest absolute Gasteiger partial charge is 0.497 e. The first-order valence-electron chi connectivity index (χ1n) is 10.2. The van der Waals surface area contributed by atoms with Crippen molar-refractivity contribution in [2.75, 3.05) is 14.2 Å². The topological polar surface area (TPSA) is 44.4 Å². The highest BCUT2D eigenvalue weighted by atomic mass is 35.5. The van der Waals surface area contributed by atoms with Crippen LogP contribution in [0.1, 0.15) is 11.4 Å². The molecule has 0 saturated carbocycles. The average Bonchev–Trinajstić information content (AvgIpc) is 3.05. The summed E-state index contributed by atoms with van der Waals surface area (Å²) in [6.45, 7) is 1.62. The summed E-state index contributed by atoms with van der Waals surface area (Å²) in [5, 5.41) is 7.57. The molecule has 32 heavy (non-hydrogen) atoms. The molecule has 4 rings (SSSR count). The summed E-state index contributed by atoms with van der Waals surface area (Å²) in [7, 11) is 5.63. The summed E-state index contributed by atoms with van der Waals surface area (Å²) >= 11 is 11.8. The molecule has 0 saturated heterocycles. The molecule has 0 atom stereocenters. The average molecular weight is 469 g/mol. The van der Waals surface area contributed by atoms with E-state index in [0.29, 0.717) is 22.2 Å². The van der Waals surface area contributed by atoms with Gasteiger partial charge in [0.1, 0.15) is 18.1 Å². The molecule has 0 aliphatic heterocycles. The Hall–Kier alpha value is -2.87. The van der Waals surface area contributed by atoms with Crippen LogP contribution in [-0.2, 0) is 26.9 Å². The Morgan fingerprint density at radius 3 is 2.59 bits per heavy atom. The molecule has 1 heterocycles. The summed E-state index contributed by atoms with van der Waals surface area (Å²) in [5.41, 5.74) is 1.22. The summed E-state index contributed by atoms with van der Waals surface area (Å²) in [6, 6.07) is 20.0. The zero-order chi connectivity index (χ0) is 22.7. The minimum Gasteiger partial charge on any atom is -0.497 e. The Morgan fingerprint density at radius 1 is 1.06 bits per heavy atom. The number of hydrogen-bond donors (Lipinski definition) is 0. The summed E-state index contributed by atoms with van der Waals surface area (Å²) in [4.78, 5) is 2.17. The predicted octanol–water partition coefficient (Wildman–Crippen LogP) is 5.43. The fraction of sp³-hybridized carbons (Fsp3) is 0.250. The molecule has 3 aromatic carbocycles. The number of fused-ring (bicyclic) bond motifs is 1. The van der Waals surface area contributed by atoms with Crippen molar-refractivity contribution < 1.29 is 9.47 Å². The van der Waals surface area contributed by atoms with Crippen molar-refractivity contribution in [2.45, 2.75) is 19.8 Å². The summed E-state index contributed by atoms with van der Waals surface area (Å²) < 4.78 is 15.5. The Balaban J connectivity index is 1.43. The first-order chi connectivity index (χ1) is 15.4. The molecule has 0 N–H and O–H groups in total. The molecule has 1 aromatic heterocycles. The molecule has 0 bridgehead atoms. The third kappa shape index (κ3) is 4.96. The maximum Gasteiger partial charge on any atom is 0.198 e. The molecular formula is C24H25ClN4O2S. The van der Waals surface area contributed by atoms with Gasteiger partial charge in [0, 0.05) is 13.6 Å². The van der Waals surface area contributed by atoms with E-state index in [1.807, 2.05) is 46.6 Å². The summed E-state index contributed by atoms with van der Waals surface area (Å²) in [6.07, 6.45) is 0. The third-order valence-corrected chi connectivity index (χ3v) is 6.06. The number of benzene rings is 3. The maximum absolute atomic E-state index is 6.17. The van der Waals surface area contributed by atoms with Gasteiger partial charge >= 0.3 is 0 Å². The van der Waals surface area contributed by atoms with Crippen molar-refractivity contribution >= 4 is 34.6 Å². The zero-order valence-corrected chi connectivity index (χ0v) is 19.9. The van der Waals surface area contributed by atoms with Gasteiger partial charge in [0.25, 0.3) is 0 Å². The number of methoxy groups -OCH3 is 1. The van der Waals surface area contributed by atoms with Gasteiger partial charge in [0.15, 0.2) is 10.6 Å². The second-order valence-electron chi connectivity index (χ2n) is 7.68. The zero-order valence-electron chi connectivity index (χ0n) is 18.3. The number of rotatable bonds is 8. The fourth-order valence-corrected chi connectivity index (χ4v) is 3.94. The fourth-order valence-electron chi connectivity index (χ4n) is 3.54. The Bertz CT molecular complexity index is 1300. The van der Waals surface area contributed by atoms with Gasteiger partial charge in [0.05, 0.1) is 18.8 Å². The van der Waals surface area contributed by atoms with Crippen LogP contribution in [0, 0.1) is 4.77 Å². The number of nitrogens with zero attached hydrogens (tertiary/aromatic N) is 4. The predicted molar refractivity (Wildman–Crippen MR) is 130 cm³/mol. The van der Waals surface area contributed by atoms with E-state index in [1.54, 1.807) is 13.2 Å².